The number of nitrogens with one attached hydrogen (secondary N) is 1. The van der Waals surface area contributed by atoms with Gasteiger partial charge in [0.25, 0.3) is 0 Å². The van der Waals surface area contributed by atoms with Gasteiger partial charge < -0.3 is 10.5 Å². The van der Waals surface area contributed by atoms with Crippen LogP contribution >= 0.6 is 0 Å². The van der Waals surface area contributed by atoms with E-state index in [1.807, 2.05) is 0 Å². The Morgan fingerprint density at radius 1 is 1.64 bits per heavy atom. The number of nitrogens with two attached hydrogens (primary N) is 1. The van der Waals surface area contributed by atoms with Crippen LogP contribution in [0.4, 0.5) is 0 Å². The fourth-order valence-electron chi connectivity index (χ4n) is 0.966. The smallest absolute Gasteiger partial charge is 0.133 e. The molecule has 1 aromatic rings. The number of hydrogen-bond acceptors (Lipinski definition) is 3. The molecule has 0 spiro atoms. The van der Waals surface area contributed by atoms with E-state index in [1.165, 1.54) is 6.20 Å². The second-order valence-electron chi connectivity index (χ2n) is 3.49. The predicted molar refractivity (Wildman–Crippen MR) is 55.6 cm³/mol. The van der Waals surface area contributed by atoms with Crippen LogP contribution in [0.5, 0.6) is 5.75 Å². The third kappa shape index (κ3) is 2.73. The van der Waals surface area contributed by atoms with Crippen LogP contribution in [0.3, 0.4) is 0 Å². The minimum Gasteiger partial charge on any atom is -0.492 e. The molecule has 14 heavy (non-hydrogen) atoms. The number of amidine groups is 1. The molecule has 76 valence electrons. The molecule has 0 fully saturated rings. The molecule has 0 radical (unpaired) electrons. The second kappa shape index (κ2) is 4.60. The number of aromatic nitrogens is 1. The first-order valence-corrected chi connectivity index (χ1v) is 4.52. The fourth-order valence-corrected chi connectivity index (χ4v) is 0.966. The van der Waals surface area contributed by atoms with E-state index < -0.39 is 0 Å². The highest BCUT2D eigenvalue weighted by Crippen LogP contribution is 2.16. The lowest BCUT2D eigenvalue weighted by Crippen LogP contribution is -2.14. The quantitative estimate of drug-likeness (QED) is 0.560. The molecule has 0 aliphatic heterocycles. The highest BCUT2D eigenvalue weighted by molar-refractivity contribution is 5.97. The highest BCUT2D eigenvalue weighted by atomic mass is 16.5. The Kier molecular flexibility index (Phi) is 3.45. The molecule has 1 heterocycles. The normalized spacial score (nSPS) is 10.2. The van der Waals surface area contributed by atoms with Crippen molar-refractivity contribution in [2.75, 3.05) is 6.61 Å². The molecule has 0 aromatic carbocycles. The van der Waals surface area contributed by atoms with E-state index in [0.29, 0.717) is 23.8 Å². The number of rotatable bonds is 4. The topological polar surface area (TPSA) is 72.0 Å². The maximum Gasteiger partial charge on any atom is 0.133 e. The number of nitrogens with zero attached hydrogens (tertiary/aromatic N) is 1. The van der Waals surface area contributed by atoms with Crippen molar-refractivity contribution in [3.05, 3.63) is 24.0 Å². The lowest BCUT2D eigenvalue weighted by Gasteiger charge is -2.11. The van der Waals surface area contributed by atoms with Gasteiger partial charge in [-0.25, -0.2) is 0 Å². The molecule has 0 aliphatic carbocycles. The molecule has 1 aromatic heterocycles. The summed E-state index contributed by atoms with van der Waals surface area (Å²) >= 11 is 0. The van der Waals surface area contributed by atoms with Crippen molar-refractivity contribution < 1.29 is 4.74 Å². The second-order valence-corrected chi connectivity index (χ2v) is 3.49. The largest absolute Gasteiger partial charge is 0.492 e. The van der Waals surface area contributed by atoms with E-state index in [1.54, 1.807) is 12.3 Å². The van der Waals surface area contributed by atoms with Crippen molar-refractivity contribution in [2.24, 2.45) is 11.7 Å². The van der Waals surface area contributed by atoms with Gasteiger partial charge in [-0.2, -0.15) is 0 Å². The van der Waals surface area contributed by atoms with Crippen LogP contribution < -0.4 is 10.5 Å². The van der Waals surface area contributed by atoms with Gasteiger partial charge in [-0.15, -0.1) is 0 Å². The SMILES string of the molecule is CC(C)COc1ccncc1C(=N)N. The van der Waals surface area contributed by atoms with Crippen LogP contribution in [0.25, 0.3) is 0 Å². The summed E-state index contributed by atoms with van der Waals surface area (Å²) in [5.74, 6) is 1.06. The standard InChI is InChI=1S/C10H15N3O/c1-7(2)6-14-9-3-4-13-5-8(9)10(11)12/h3-5,7H,6H2,1-2H3,(H3,11,12). The molecular formula is C10H15N3O. The summed E-state index contributed by atoms with van der Waals surface area (Å²) < 4.78 is 5.50. The van der Waals surface area contributed by atoms with E-state index in [-0.39, 0.29) is 5.84 Å². The van der Waals surface area contributed by atoms with Gasteiger partial charge in [0, 0.05) is 12.4 Å². The summed E-state index contributed by atoms with van der Waals surface area (Å²) in [6, 6.07) is 1.72. The molecular weight excluding hydrogens is 178 g/mol. The number of pyridine rings is 1. The highest BCUT2D eigenvalue weighted by Gasteiger charge is 2.06. The first kappa shape index (κ1) is 10.5. The van der Waals surface area contributed by atoms with Crippen LogP contribution in [0.2, 0.25) is 0 Å². The Bertz CT molecular complexity index is 323. The summed E-state index contributed by atoms with van der Waals surface area (Å²) in [6.45, 7) is 4.74. The maximum atomic E-state index is 7.32. The average molecular weight is 193 g/mol. The van der Waals surface area contributed by atoms with Gasteiger partial charge in [-0.05, 0) is 12.0 Å². The van der Waals surface area contributed by atoms with Crippen LogP contribution in [0.1, 0.15) is 19.4 Å². The monoisotopic (exact) mass is 193 g/mol. The molecule has 1 rings (SSSR count). The van der Waals surface area contributed by atoms with Gasteiger partial charge in [0.2, 0.25) is 0 Å². The zero-order chi connectivity index (χ0) is 10.6. The lowest BCUT2D eigenvalue weighted by atomic mass is 10.2. The molecule has 3 N–H and O–H groups in total. The van der Waals surface area contributed by atoms with E-state index in [2.05, 4.69) is 18.8 Å². The summed E-state index contributed by atoms with van der Waals surface area (Å²) in [4.78, 5) is 3.89. The Hall–Kier alpha value is -1.58. The van der Waals surface area contributed by atoms with Crippen LogP contribution in [0, 0.1) is 11.3 Å². The zero-order valence-electron chi connectivity index (χ0n) is 8.45. The number of ether oxygens (including phenoxy) is 1. The first-order valence-electron chi connectivity index (χ1n) is 4.52. The summed E-state index contributed by atoms with van der Waals surface area (Å²) in [6.07, 6.45) is 3.17. The molecule has 0 atom stereocenters. The Morgan fingerprint density at radius 2 is 2.36 bits per heavy atom. The van der Waals surface area contributed by atoms with E-state index in [0.717, 1.165) is 0 Å². The van der Waals surface area contributed by atoms with Crippen LogP contribution in [-0.2, 0) is 0 Å². The van der Waals surface area contributed by atoms with Crippen molar-refractivity contribution in [3.8, 4) is 5.75 Å². The van der Waals surface area contributed by atoms with Gasteiger partial charge in [0.05, 0.1) is 12.2 Å². The minimum absolute atomic E-state index is 0.0168. The van der Waals surface area contributed by atoms with Gasteiger partial charge in [-0.1, -0.05) is 13.8 Å². The van der Waals surface area contributed by atoms with Gasteiger partial charge in [0.15, 0.2) is 0 Å². The average Bonchev–Trinajstić information content (AvgIpc) is 2.15. The van der Waals surface area contributed by atoms with Crippen LogP contribution in [0.15, 0.2) is 18.5 Å². The summed E-state index contributed by atoms with van der Waals surface area (Å²) in [7, 11) is 0. The molecule has 0 amide bonds. The fraction of sp³-hybridized carbons (Fsp3) is 0.400. The maximum absolute atomic E-state index is 7.32. The molecule has 0 bridgehead atoms. The molecule has 0 unspecified atom stereocenters. The van der Waals surface area contributed by atoms with Crippen molar-refractivity contribution in [3.63, 3.8) is 0 Å². The Morgan fingerprint density at radius 3 is 2.93 bits per heavy atom. The Balaban J connectivity index is 2.79. The van der Waals surface area contributed by atoms with Crippen molar-refractivity contribution in [1.82, 2.24) is 4.98 Å². The summed E-state index contributed by atoms with van der Waals surface area (Å²) in [5, 5.41) is 7.32. The van der Waals surface area contributed by atoms with Crippen molar-refractivity contribution in [1.29, 1.82) is 5.41 Å². The zero-order valence-corrected chi connectivity index (χ0v) is 8.45. The number of nitrogen functional groups attached to an aromatic ring is 1. The van der Waals surface area contributed by atoms with Gasteiger partial charge >= 0.3 is 0 Å². The minimum atomic E-state index is -0.0168. The molecule has 0 aliphatic rings. The lowest BCUT2D eigenvalue weighted by molar-refractivity contribution is 0.270. The van der Waals surface area contributed by atoms with Crippen molar-refractivity contribution in [2.45, 2.75) is 13.8 Å². The predicted octanol–water partition coefficient (Wildman–Crippen LogP) is 1.40. The van der Waals surface area contributed by atoms with Crippen LogP contribution in [-0.4, -0.2) is 17.4 Å². The number of hydrogen-bond donors (Lipinski definition) is 2. The molecule has 4 heteroatoms. The first-order chi connectivity index (χ1) is 6.61. The molecule has 0 saturated carbocycles. The third-order valence-corrected chi connectivity index (χ3v) is 1.64. The molecule has 4 nitrogen and oxygen atoms in total. The van der Waals surface area contributed by atoms with Gasteiger partial charge in [-0.3, -0.25) is 10.4 Å². The van der Waals surface area contributed by atoms with E-state index in [4.69, 9.17) is 15.9 Å². The van der Waals surface area contributed by atoms with Crippen molar-refractivity contribution >= 4 is 5.84 Å². The summed E-state index contributed by atoms with van der Waals surface area (Å²) in [5.41, 5.74) is 5.93. The molecule has 0 saturated heterocycles. The Labute approximate surface area is 83.6 Å². The van der Waals surface area contributed by atoms with Gasteiger partial charge in [0.1, 0.15) is 11.6 Å². The van der Waals surface area contributed by atoms with E-state index >= 15 is 0 Å². The van der Waals surface area contributed by atoms with E-state index in [9.17, 15) is 0 Å². The third-order valence-electron chi connectivity index (χ3n) is 1.64.